The fourth-order valence-corrected chi connectivity index (χ4v) is 2.54. The smallest absolute Gasteiger partial charge is 0.142 e. The van der Waals surface area contributed by atoms with E-state index in [0.717, 1.165) is 10.7 Å². The lowest BCUT2D eigenvalue weighted by atomic mass is 10.2. The van der Waals surface area contributed by atoms with Gasteiger partial charge in [-0.05, 0) is 6.92 Å². The Morgan fingerprint density at radius 1 is 1.60 bits per heavy atom. The third kappa shape index (κ3) is 1.78. The van der Waals surface area contributed by atoms with E-state index in [4.69, 9.17) is 11.6 Å². The topological polar surface area (TPSA) is 50.9 Å². The van der Waals surface area contributed by atoms with E-state index in [0.29, 0.717) is 10.7 Å². The van der Waals surface area contributed by atoms with E-state index in [1.807, 2.05) is 5.38 Å². The summed E-state index contributed by atoms with van der Waals surface area (Å²) in [6.45, 7) is 1.64. The van der Waals surface area contributed by atoms with Crippen LogP contribution in [-0.4, -0.2) is 19.9 Å². The Balaban J connectivity index is 2.58. The van der Waals surface area contributed by atoms with Crippen molar-refractivity contribution in [1.29, 1.82) is 0 Å². The molecule has 0 spiro atoms. The molecule has 4 nitrogen and oxygen atoms in total. The SMILES string of the molecule is CC(O)c1nn(C)c(-c2nccs2)c1Cl. The number of hydrogen-bond acceptors (Lipinski definition) is 4. The normalized spacial score (nSPS) is 13.1. The van der Waals surface area contributed by atoms with Gasteiger partial charge in [0.2, 0.25) is 0 Å². The van der Waals surface area contributed by atoms with Crippen molar-refractivity contribution in [3.8, 4) is 10.7 Å². The maximum atomic E-state index is 9.46. The van der Waals surface area contributed by atoms with Gasteiger partial charge in [0.05, 0.1) is 11.1 Å². The minimum absolute atomic E-state index is 0.474. The number of aliphatic hydroxyl groups excluding tert-OH is 1. The molecule has 0 bridgehead atoms. The highest BCUT2D eigenvalue weighted by atomic mass is 35.5. The van der Waals surface area contributed by atoms with Gasteiger partial charge in [-0.2, -0.15) is 5.10 Å². The molecule has 15 heavy (non-hydrogen) atoms. The summed E-state index contributed by atoms with van der Waals surface area (Å²) in [4.78, 5) is 4.17. The number of hydrogen-bond donors (Lipinski definition) is 1. The number of aryl methyl sites for hydroxylation is 1. The Bertz CT molecular complexity index is 464. The van der Waals surface area contributed by atoms with Crippen LogP contribution in [0.15, 0.2) is 11.6 Å². The Hall–Kier alpha value is -0.910. The second kappa shape index (κ2) is 3.92. The van der Waals surface area contributed by atoms with Crippen LogP contribution in [0.2, 0.25) is 5.02 Å². The second-order valence-electron chi connectivity index (χ2n) is 3.18. The van der Waals surface area contributed by atoms with Crippen LogP contribution in [-0.2, 0) is 7.05 Å². The summed E-state index contributed by atoms with van der Waals surface area (Å²) in [6.07, 6.45) is 1.04. The Morgan fingerprint density at radius 2 is 2.33 bits per heavy atom. The van der Waals surface area contributed by atoms with E-state index >= 15 is 0 Å². The molecule has 0 aromatic carbocycles. The molecular weight excluding hydrogens is 234 g/mol. The summed E-state index contributed by atoms with van der Waals surface area (Å²) in [7, 11) is 1.79. The van der Waals surface area contributed by atoms with E-state index in [1.165, 1.54) is 11.3 Å². The Kier molecular flexibility index (Phi) is 2.77. The molecule has 2 aromatic heterocycles. The number of nitrogens with zero attached hydrogens (tertiary/aromatic N) is 3. The van der Waals surface area contributed by atoms with Gasteiger partial charge in [0.15, 0.2) is 0 Å². The standard InChI is InChI=1S/C9H10ClN3OS/c1-5(14)7-6(10)8(13(2)12-7)9-11-3-4-15-9/h3-5,14H,1-2H3. The second-order valence-corrected chi connectivity index (χ2v) is 4.46. The van der Waals surface area contributed by atoms with Crippen molar-refractivity contribution in [3.63, 3.8) is 0 Å². The number of aromatic nitrogens is 3. The maximum absolute atomic E-state index is 9.46. The molecule has 2 aromatic rings. The minimum atomic E-state index is -0.669. The molecule has 0 aliphatic heterocycles. The first-order valence-electron chi connectivity index (χ1n) is 4.41. The van der Waals surface area contributed by atoms with Gasteiger partial charge in [-0.1, -0.05) is 11.6 Å². The summed E-state index contributed by atoms with van der Waals surface area (Å²) in [5.41, 5.74) is 1.24. The molecule has 1 atom stereocenters. The molecule has 0 saturated carbocycles. The van der Waals surface area contributed by atoms with Crippen LogP contribution in [0.25, 0.3) is 10.7 Å². The highest BCUT2D eigenvalue weighted by molar-refractivity contribution is 7.13. The summed E-state index contributed by atoms with van der Waals surface area (Å²) >= 11 is 7.63. The Labute approximate surface area is 96.1 Å². The van der Waals surface area contributed by atoms with Crippen LogP contribution in [0.4, 0.5) is 0 Å². The van der Waals surface area contributed by atoms with Gasteiger partial charge in [0, 0.05) is 18.6 Å². The largest absolute Gasteiger partial charge is 0.387 e. The average molecular weight is 244 g/mol. The third-order valence-electron chi connectivity index (χ3n) is 2.04. The zero-order valence-electron chi connectivity index (χ0n) is 8.31. The van der Waals surface area contributed by atoms with E-state index in [9.17, 15) is 5.11 Å². The summed E-state index contributed by atoms with van der Waals surface area (Å²) in [6, 6.07) is 0. The van der Waals surface area contributed by atoms with Gasteiger partial charge >= 0.3 is 0 Å². The molecule has 2 rings (SSSR count). The molecule has 1 unspecified atom stereocenters. The van der Waals surface area contributed by atoms with Crippen molar-refractivity contribution >= 4 is 22.9 Å². The fraction of sp³-hybridized carbons (Fsp3) is 0.333. The van der Waals surface area contributed by atoms with Crippen LogP contribution < -0.4 is 0 Å². The molecule has 0 aliphatic carbocycles. The lowest BCUT2D eigenvalue weighted by Gasteiger charge is -1.98. The molecule has 0 saturated heterocycles. The van der Waals surface area contributed by atoms with Crippen molar-refractivity contribution in [1.82, 2.24) is 14.8 Å². The van der Waals surface area contributed by atoms with E-state index in [1.54, 1.807) is 24.9 Å². The molecule has 0 amide bonds. The Morgan fingerprint density at radius 3 is 2.80 bits per heavy atom. The van der Waals surface area contributed by atoms with Crippen molar-refractivity contribution in [2.75, 3.05) is 0 Å². The van der Waals surface area contributed by atoms with Crippen molar-refractivity contribution in [2.45, 2.75) is 13.0 Å². The van der Waals surface area contributed by atoms with Crippen LogP contribution in [0.3, 0.4) is 0 Å². The third-order valence-corrected chi connectivity index (χ3v) is 3.20. The lowest BCUT2D eigenvalue weighted by Crippen LogP contribution is -1.96. The maximum Gasteiger partial charge on any atom is 0.142 e. The van der Waals surface area contributed by atoms with Crippen molar-refractivity contribution in [3.05, 3.63) is 22.3 Å². The van der Waals surface area contributed by atoms with Crippen LogP contribution in [0, 0.1) is 0 Å². The van der Waals surface area contributed by atoms with Gasteiger partial charge in [-0.25, -0.2) is 4.98 Å². The first kappa shape index (κ1) is 10.6. The monoisotopic (exact) mass is 243 g/mol. The number of rotatable bonds is 2. The highest BCUT2D eigenvalue weighted by Crippen LogP contribution is 2.33. The van der Waals surface area contributed by atoms with Crippen molar-refractivity contribution in [2.24, 2.45) is 7.05 Å². The van der Waals surface area contributed by atoms with Crippen LogP contribution >= 0.6 is 22.9 Å². The lowest BCUT2D eigenvalue weighted by molar-refractivity contribution is 0.193. The minimum Gasteiger partial charge on any atom is -0.387 e. The van der Waals surface area contributed by atoms with E-state index in [-0.39, 0.29) is 0 Å². The zero-order valence-corrected chi connectivity index (χ0v) is 9.88. The first-order chi connectivity index (χ1) is 7.11. The zero-order chi connectivity index (χ0) is 11.0. The average Bonchev–Trinajstić information content (AvgIpc) is 2.73. The van der Waals surface area contributed by atoms with Crippen molar-refractivity contribution < 1.29 is 5.11 Å². The summed E-state index contributed by atoms with van der Waals surface area (Å²) in [5, 5.41) is 16.8. The molecule has 80 valence electrons. The predicted octanol–water partition coefficient (Wildman–Crippen LogP) is 2.25. The van der Waals surface area contributed by atoms with Gasteiger partial charge in [0.25, 0.3) is 0 Å². The van der Waals surface area contributed by atoms with Crippen LogP contribution in [0.1, 0.15) is 18.7 Å². The van der Waals surface area contributed by atoms with Gasteiger partial charge < -0.3 is 5.11 Å². The molecule has 0 radical (unpaired) electrons. The number of halogens is 1. The molecule has 0 fully saturated rings. The van der Waals surface area contributed by atoms with Crippen LogP contribution in [0.5, 0.6) is 0 Å². The molecule has 6 heteroatoms. The predicted molar refractivity (Wildman–Crippen MR) is 60.0 cm³/mol. The molecule has 0 aliphatic rings. The van der Waals surface area contributed by atoms with E-state index < -0.39 is 6.10 Å². The first-order valence-corrected chi connectivity index (χ1v) is 5.67. The number of aliphatic hydroxyl groups is 1. The van der Waals surface area contributed by atoms with Gasteiger partial charge in [0.1, 0.15) is 16.4 Å². The molecule has 1 N–H and O–H groups in total. The summed E-state index contributed by atoms with van der Waals surface area (Å²) in [5.74, 6) is 0. The molecular formula is C9H10ClN3OS. The fourth-order valence-electron chi connectivity index (χ4n) is 1.36. The highest BCUT2D eigenvalue weighted by Gasteiger charge is 2.20. The summed E-state index contributed by atoms with van der Waals surface area (Å²) < 4.78 is 1.64. The van der Waals surface area contributed by atoms with E-state index in [2.05, 4.69) is 10.1 Å². The van der Waals surface area contributed by atoms with Gasteiger partial charge in [-0.15, -0.1) is 11.3 Å². The number of thiazole rings is 1. The van der Waals surface area contributed by atoms with Gasteiger partial charge in [-0.3, -0.25) is 4.68 Å². The quantitative estimate of drug-likeness (QED) is 0.880. The molecule has 2 heterocycles.